The largest absolute Gasteiger partial charge is 0.487 e. The molecule has 18 heavy (non-hydrogen) atoms. The number of hydrogen-bond acceptors (Lipinski definition) is 1. The Balaban J connectivity index is 2.73. The number of rotatable bonds is 0. The first kappa shape index (κ1) is 13.5. The lowest BCUT2D eigenvalue weighted by molar-refractivity contribution is 0.0641. The lowest BCUT2D eigenvalue weighted by Crippen LogP contribution is -2.37. The Bertz CT molecular complexity index is 489. The molecule has 0 bridgehead atoms. The Morgan fingerprint density at radius 2 is 1.61 bits per heavy atom. The van der Waals surface area contributed by atoms with Gasteiger partial charge in [0.05, 0.1) is 0 Å². The normalized spacial score (nSPS) is 21.7. The van der Waals surface area contributed by atoms with E-state index < -0.39 is 0 Å². The van der Waals surface area contributed by atoms with Crippen molar-refractivity contribution in [3.05, 3.63) is 28.3 Å². The zero-order valence-electron chi connectivity index (χ0n) is 13.1. The average Bonchev–Trinajstić information content (AvgIpc) is 2.46. The average molecular weight is 246 g/mol. The van der Waals surface area contributed by atoms with Gasteiger partial charge in [-0.1, -0.05) is 26.8 Å². The molecule has 1 heterocycles. The lowest BCUT2D eigenvalue weighted by atomic mass is 9.68. The van der Waals surface area contributed by atoms with Crippen LogP contribution < -0.4 is 4.74 Å². The van der Waals surface area contributed by atoms with Crippen LogP contribution in [0.4, 0.5) is 0 Å². The second kappa shape index (κ2) is 3.76. The van der Waals surface area contributed by atoms with Gasteiger partial charge in [0.25, 0.3) is 0 Å². The standard InChI is InChI=1S/C17H26O/c1-10-9-11(2)13-14(12(10)3)18-17(7,8)15(13)16(4,5)6/h9,15H,1-8H3. The third-order valence-corrected chi connectivity index (χ3v) is 4.25. The molecule has 0 saturated heterocycles. The minimum atomic E-state index is -0.121. The Hall–Kier alpha value is -0.980. The maximum Gasteiger partial charge on any atom is 0.127 e. The second-order valence-corrected chi connectivity index (χ2v) is 7.38. The fourth-order valence-electron chi connectivity index (χ4n) is 3.71. The predicted octanol–water partition coefficient (Wildman–Crippen LogP) is 4.91. The van der Waals surface area contributed by atoms with Crippen molar-refractivity contribution in [3.8, 4) is 5.75 Å². The summed E-state index contributed by atoms with van der Waals surface area (Å²) in [5.74, 6) is 1.58. The van der Waals surface area contributed by atoms with Crippen LogP contribution in [0.2, 0.25) is 0 Å². The van der Waals surface area contributed by atoms with Gasteiger partial charge in [-0.25, -0.2) is 0 Å². The summed E-state index contributed by atoms with van der Waals surface area (Å²) in [6.45, 7) is 17.9. The molecule has 1 aliphatic heterocycles. The van der Waals surface area contributed by atoms with Crippen molar-refractivity contribution in [1.82, 2.24) is 0 Å². The van der Waals surface area contributed by atoms with Crippen molar-refractivity contribution in [2.45, 2.75) is 66.9 Å². The SMILES string of the molecule is Cc1cc(C)c2c(c1C)OC(C)(C)C2C(C)(C)C. The van der Waals surface area contributed by atoms with E-state index in [0.717, 1.165) is 5.75 Å². The molecular formula is C17H26O. The maximum atomic E-state index is 6.33. The third kappa shape index (κ3) is 1.84. The monoisotopic (exact) mass is 246 g/mol. The van der Waals surface area contributed by atoms with E-state index in [2.05, 4.69) is 61.5 Å². The van der Waals surface area contributed by atoms with E-state index in [-0.39, 0.29) is 11.0 Å². The van der Waals surface area contributed by atoms with Crippen molar-refractivity contribution >= 4 is 0 Å². The molecule has 0 fully saturated rings. The van der Waals surface area contributed by atoms with Crippen molar-refractivity contribution in [2.24, 2.45) is 5.41 Å². The molecule has 0 N–H and O–H groups in total. The Labute approximate surface area is 112 Å². The molecule has 1 aliphatic rings. The fraction of sp³-hybridized carbons (Fsp3) is 0.647. The molecule has 0 amide bonds. The number of aryl methyl sites for hydroxylation is 2. The molecule has 0 radical (unpaired) electrons. The van der Waals surface area contributed by atoms with Crippen LogP contribution in [-0.4, -0.2) is 5.60 Å². The Morgan fingerprint density at radius 1 is 1.06 bits per heavy atom. The van der Waals surface area contributed by atoms with Gasteiger partial charge in [0.2, 0.25) is 0 Å². The first-order valence-corrected chi connectivity index (χ1v) is 6.85. The van der Waals surface area contributed by atoms with Gasteiger partial charge >= 0.3 is 0 Å². The number of ether oxygens (including phenoxy) is 1. The molecule has 1 aromatic rings. The zero-order chi connectivity index (χ0) is 13.9. The van der Waals surface area contributed by atoms with Gasteiger partial charge < -0.3 is 4.74 Å². The highest BCUT2D eigenvalue weighted by Crippen LogP contribution is 2.55. The van der Waals surface area contributed by atoms with Gasteiger partial charge in [-0.05, 0) is 56.7 Å². The molecule has 1 heteroatoms. The van der Waals surface area contributed by atoms with Gasteiger partial charge in [-0.2, -0.15) is 0 Å². The lowest BCUT2D eigenvalue weighted by Gasteiger charge is -2.36. The first-order valence-electron chi connectivity index (χ1n) is 6.85. The van der Waals surface area contributed by atoms with E-state index in [0.29, 0.717) is 5.92 Å². The maximum absolute atomic E-state index is 6.33. The summed E-state index contributed by atoms with van der Waals surface area (Å²) in [4.78, 5) is 0. The number of hydrogen-bond donors (Lipinski definition) is 0. The van der Waals surface area contributed by atoms with Crippen LogP contribution >= 0.6 is 0 Å². The van der Waals surface area contributed by atoms with Gasteiger partial charge in [0.15, 0.2) is 0 Å². The summed E-state index contributed by atoms with van der Waals surface area (Å²) in [7, 11) is 0. The molecule has 100 valence electrons. The smallest absolute Gasteiger partial charge is 0.127 e. The summed E-state index contributed by atoms with van der Waals surface area (Å²) < 4.78 is 6.33. The zero-order valence-corrected chi connectivity index (χ0v) is 13.1. The van der Waals surface area contributed by atoms with Gasteiger partial charge in [-0.15, -0.1) is 0 Å². The molecule has 1 unspecified atom stereocenters. The second-order valence-electron chi connectivity index (χ2n) is 7.38. The van der Waals surface area contributed by atoms with E-state index in [4.69, 9.17) is 4.74 Å². The van der Waals surface area contributed by atoms with Crippen LogP contribution in [-0.2, 0) is 0 Å². The van der Waals surface area contributed by atoms with Crippen molar-refractivity contribution in [3.63, 3.8) is 0 Å². The minimum Gasteiger partial charge on any atom is -0.487 e. The quantitative estimate of drug-likeness (QED) is 0.632. The van der Waals surface area contributed by atoms with Crippen LogP contribution in [0.25, 0.3) is 0 Å². The molecule has 2 rings (SSSR count). The number of fused-ring (bicyclic) bond motifs is 1. The molecular weight excluding hydrogens is 220 g/mol. The predicted molar refractivity (Wildman–Crippen MR) is 77.6 cm³/mol. The third-order valence-electron chi connectivity index (χ3n) is 4.25. The van der Waals surface area contributed by atoms with Gasteiger partial charge in [0.1, 0.15) is 11.4 Å². The fourth-order valence-corrected chi connectivity index (χ4v) is 3.71. The molecule has 0 saturated carbocycles. The summed E-state index contributed by atoms with van der Waals surface area (Å²) in [5, 5.41) is 0. The highest BCUT2D eigenvalue weighted by molar-refractivity contribution is 5.55. The number of benzene rings is 1. The summed E-state index contributed by atoms with van der Waals surface area (Å²) in [6, 6.07) is 2.30. The topological polar surface area (TPSA) is 9.23 Å². The van der Waals surface area contributed by atoms with Crippen molar-refractivity contribution in [2.75, 3.05) is 0 Å². The highest BCUT2D eigenvalue weighted by atomic mass is 16.5. The van der Waals surface area contributed by atoms with E-state index in [9.17, 15) is 0 Å². The van der Waals surface area contributed by atoms with Crippen LogP contribution in [0.1, 0.15) is 62.8 Å². The van der Waals surface area contributed by atoms with Crippen molar-refractivity contribution < 1.29 is 4.74 Å². The molecule has 0 spiro atoms. The van der Waals surface area contributed by atoms with Crippen LogP contribution in [0.15, 0.2) is 6.07 Å². The Kier molecular flexibility index (Phi) is 2.81. The van der Waals surface area contributed by atoms with E-state index in [1.807, 2.05) is 0 Å². The summed E-state index contributed by atoms with van der Waals surface area (Å²) in [6.07, 6.45) is 0. The summed E-state index contributed by atoms with van der Waals surface area (Å²) >= 11 is 0. The molecule has 1 nitrogen and oxygen atoms in total. The van der Waals surface area contributed by atoms with Gasteiger partial charge in [0, 0.05) is 11.5 Å². The van der Waals surface area contributed by atoms with Gasteiger partial charge in [-0.3, -0.25) is 0 Å². The van der Waals surface area contributed by atoms with Crippen LogP contribution in [0, 0.1) is 26.2 Å². The highest BCUT2D eigenvalue weighted by Gasteiger charge is 2.48. The molecule has 1 aromatic carbocycles. The van der Waals surface area contributed by atoms with Crippen molar-refractivity contribution in [1.29, 1.82) is 0 Å². The molecule has 0 aromatic heterocycles. The van der Waals surface area contributed by atoms with E-state index in [1.54, 1.807) is 0 Å². The Morgan fingerprint density at radius 3 is 2.11 bits per heavy atom. The van der Waals surface area contributed by atoms with Crippen LogP contribution in [0.5, 0.6) is 5.75 Å². The molecule has 1 atom stereocenters. The van der Waals surface area contributed by atoms with Crippen LogP contribution in [0.3, 0.4) is 0 Å². The van der Waals surface area contributed by atoms with E-state index in [1.165, 1.54) is 22.3 Å². The molecule has 0 aliphatic carbocycles. The minimum absolute atomic E-state index is 0.121. The summed E-state index contributed by atoms with van der Waals surface area (Å²) in [5.41, 5.74) is 5.52. The van der Waals surface area contributed by atoms with E-state index >= 15 is 0 Å². The first-order chi connectivity index (χ1) is 8.05.